The Morgan fingerprint density at radius 3 is 2.43 bits per heavy atom. The van der Waals surface area contributed by atoms with E-state index < -0.39 is 21.4 Å². The van der Waals surface area contributed by atoms with Gasteiger partial charge in [-0.15, -0.1) is 0 Å². The van der Waals surface area contributed by atoms with Crippen LogP contribution < -0.4 is 0 Å². The molecule has 7 heteroatoms. The van der Waals surface area contributed by atoms with Crippen LogP contribution >= 0.6 is 34.8 Å². The van der Waals surface area contributed by atoms with Crippen molar-refractivity contribution < 1.29 is 9.53 Å². The van der Waals surface area contributed by atoms with Crippen LogP contribution in [0.15, 0.2) is 0 Å². The summed E-state index contributed by atoms with van der Waals surface area (Å²) in [4.78, 5) is 11.1. The molecule has 0 radical (unpaired) electrons. The van der Waals surface area contributed by atoms with Gasteiger partial charge in [-0.2, -0.15) is 5.26 Å². The fourth-order valence-corrected chi connectivity index (χ4v) is 0.952. The van der Waals surface area contributed by atoms with Crippen molar-refractivity contribution in [3.8, 4) is 6.07 Å². The lowest BCUT2D eigenvalue weighted by Crippen LogP contribution is -2.32. The number of halogens is 3. The fraction of sp³-hybridized carbons (Fsp3) is 0.571. The maximum absolute atomic E-state index is 11.1. The second-order valence-electron chi connectivity index (χ2n) is 2.23. The summed E-state index contributed by atoms with van der Waals surface area (Å²) >= 11 is 16.0. The van der Waals surface area contributed by atoms with Gasteiger partial charge >= 0.3 is 5.97 Å². The minimum atomic E-state index is -2.06. The first-order chi connectivity index (χ1) is 6.34. The van der Waals surface area contributed by atoms with Crippen LogP contribution in [0.4, 0.5) is 0 Å². The predicted molar refractivity (Wildman–Crippen MR) is 53.8 cm³/mol. The van der Waals surface area contributed by atoms with Crippen LogP contribution in [0, 0.1) is 22.7 Å². The van der Waals surface area contributed by atoms with Crippen LogP contribution in [0.2, 0.25) is 0 Å². The molecule has 1 N–H and O–H groups in total. The number of nitrogens with zero attached hydrogens (tertiary/aromatic N) is 1. The summed E-state index contributed by atoms with van der Waals surface area (Å²) in [7, 11) is 0. The molecule has 1 unspecified atom stereocenters. The SMILES string of the molecule is CCOC(=O)C(C#N)C(=N)C(Cl)(Cl)Cl. The van der Waals surface area contributed by atoms with Crippen molar-refractivity contribution in [2.45, 2.75) is 10.7 Å². The fourth-order valence-electron chi connectivity index (χ4n) is 0.624. The number of hydrogen-bond acceptors (Lipinski definition) is 4. The quantitative estimate of drug-likeness (QED) is 0.478. The van der Waals surface area contributed by atoms with Crippen LogP contribution in [0.5, 0.6) is 0 Å². The van der Waals surface area contributed by atoms with E-state index in [2.05, 4.69) is 4.74 Å². The van der Waals surface area contributed by atoms with Crippen LogP contribution in [-0.4, -0.2) is 22.1 Å². The molecule has 0 aromatic rings. The van der Waals surface area contributed by atoms with E-state index in [9.17, 15) is 4.79 Å². The molecule has 0 spiro atoms. The molecule has 0 fully saturated rings. The van der Waals surface area contributed by atoms with E-state index in [0.29, 0.717) is 0 Å². The Hall–Kier alpha value is -0.500. The summed E-state index contributed by atoms with van der Waals surface area (Å²) < 4.78 is 2.47. The summed E-state index contributed by atoms with van der Waals surface area (Å²) in [5, 5.41) is 15.9. The maximum atomic E-state index is 11.1. The number of carbonyl (C=O) groups is 1. The third-order valence-electron chi connectivity index (χ3n) is 1.25. The summed E-state index contributed by atoms with van der Waals surface area (Å²) in [6, 6.07) is 1.54. The van der Waals surface area contributed by atoms with Crippen LogP contribution in [0.1, 0.15) is 6.92 Å². The molecule has 0 aromatic carbocycles. The molecule has 14 heavy (non-hydrogen) atoms. The minimum Gasteiger partial charge on any atom is -0.465 e. The predicted octanol–water partition coefficient (Wildman–Crippen LogP) is 2.08. The number of hydrogen-bond donors (Lipinski definition) is 1. The van der Waals surface area contributed by atoms with E-state index in [1.165, 1.54) is 0 Å². The number of carbonyl (C=O) groups excluding carboxylic acids is 1. The zero-order valence-electron chi connectivity index (χ0n) is 7.18. The van der Waals surface area contributed by atoms with Gasteiger partial charge in [-0.25, -0.2) is 0 Å². The van der Waals surface area contributed by atoms with E-state index >= 15 is 0 Å². The van der Waals surface area contributed by atoms with Gasteiger partial charge in [0.25, 0.3) is 0 Å². The summed E-state index contributed by atoms with van der Waals surface area (Å²) in [5.74, 6) is -2.35. The second kappa shape index (κ2) is 5.40. The van der Waals surface area contributed by atoms with Gasteiger partial charge in [0.05, 0.1) is 18.4 Å². The summed E-state index contributed by atoms with van der Waals surface area (Å²) in [6.07, 6.45) is 0. The Kier molecular flexibility index (Phi) is 5.21. The standard InChI is InChI=1S/C7H7Cl3N2O2/c1-2-14-6(13)4(3-11)5(12)7(8,9)10/h4,12H,2H2,1H3. The molecule has 0 bridgehead atoms. The Morgan fingerprint density at radius 2 is 2.14 bits per heavy atom. The maximum Gasteiger partial charge on any atom is 0.329 e. The lowest BCUT2D eigenvalue weighted by atomic mass is 10.1. The topological polar surface area (TPSA) is 73.9 Å². The zero-order valence-corrected chi connectivity index (χ0v) is 9.45. The molecule has 0 aliphatic heterocycles. The number of alkyl halides is 3. The number of nitrogens with one attached hydrogen (secondary N) is 1. The molecule has 0 heterocycles. The largest absolute Gasteiger partial charge is 0.465 e. The Labute approximate surface area is 96.2 Å². The second-order valence-corrected chi connectivity index (χ2v) is 4.51. The van der Waals surface area contributed by atoms with E-state index in [4.69, 9.17) is 45.5 Å². The van der Waals surface area contributed by atoms with Crippen molar-refractivity contribution in [3.05, 3.63) is 0 Å². The van der Waals surface area contributed by atoms with Gasteiger partial charge in [0.2, 0.25) is 3.79 Å². The Morgan fingerprint density at radius 1 is 1.64 bits per heavy atom. The molecular formula is C7H7Cl3N2O2. The van der Waals surface area contributed by atoms with Crippen molar-refractivity contribution in [3.63, 3.8) is 0 Å². The average Bonchev–Trinajstić information content (AvgIpc) is 2.04. The molecule has 4 nitrogen and oxygen atoms in total. The molecule has 0 aliphatic carbocycles. The highest BCUT2D eigenvalue weighted by molar-refractivity contribution is 6.77. The number of rotatable bonds is 3. The molecule has 0 saturated heterocycles. The van der Waals surface area contributed by atoms with Crippen molar-refractivity contribution in [2.75, 3.05) is 6.61 Å². The molecule has 0 aliphatic rings. The smallest absolute Gasteiger partial charge is 0.329 e. The van der Waals surface area contributed by atoms with E-state index in [-0.39, 0.29) is 6.61 Å². The van der Waals surface area contributed by atoms with Crippen molar-refractivity contribution in [1.82, 2.24) is 0 Å². The van der Waals surface area contributed by atoms with Crippen molar-refractivity contribution in [1.29, 1.82) is 10.7 Å². The molecule has 0 saturated carbocycles. The molecule has 0 aromatic heterocycles. The van der Waals surface area contributed by atoms with Gasteiger partial charge in [-0.05, 0) is 6.92 Å². The zero-order chi connectivity index (χ0) is 11.4. The molecule has 1 atom stereocenters. The Balaban J connectivity index is 4.68. The number of ether oxygens (including phenoxy) is 1. The Bertz CT molecular complexity index is 280. The highest BCUT2D eigenvalue weighted by Crippen LogP contribution is 2.30. The first-order valence-corrected chi connectivity index (χ1v) is 4.69. The third kappa shape index (κ3) is 3.70. The van der Waals surface area contributed by atoms with Gasteiger partial charge in [-0.3, -0.25) is 4.79 Å². The van der Waals surface area contributed by atoms with Crippen molar-refractivity contribution >= 4 is 46.5 Å². The van der Waals surface area contributed by atoms with Crippen LogP contribution in [0.25, 0.3) is 0 Å². The number of esters is 1. The molecular weight excluding hydrogens is 250 g/mol. The van der Waals surface area contributed by atoms with Gasteiger partial charge < -0.3 is 10.1 Å². The van der Waals surface area contributed by atoms with Gasteiger partial charge in [-0.1, -0.05) is 34.8 Å². The average molecular weight is 258 g/mol. The first-order valence-electron chi connectivity index (χ1n) is 3.56. The first kappa shape index (κ1) is 13.5. The van der Waals surface area contributed by atoms with Crippen LogP contribution in [-0.2, 0) is 9.53 Å². The summed E-state index contributed by atoms with van der Waals surface area (Å²) in [5.41, 5.74) is -0.608. The lowest BCUT2D eigenvalue weighted by Gasteiger charge is -2.15. The monoisotopic (exact) mass is 256 g/mol. The molecule has 0 rings (SSSR count). The third-order valence-corrected chi connectivity index (χ3v) is 1.86. The van der Waals surface area contributed by atoms with Gasteiger partial charge in [0.15, 0.2) is 5.92 Å². The highest BCUT2D eigenvalue weighted by Gasteiger charge is 2.37. The van der Waals surface area contributed by atoms with Gasteiger partial charge in [0, 0.05) is 0 Å². The van der Waals surface area contributed by atoms with Crippen molar-refractivity contribution in [2.24, 2.45) is 5.92 Å². The molecule has 78 valence electrons. The van der Waals surface area contributed by atoms with E-state index in [1.807, 2.05) is 0 Å². The van der Waals surface area contributed by atoms with Gasteiger partial charge in [0.1, 0.15) is 0 Å². The highest BCUT2D eigenvalue weighted by atomic mass is 35.6. The number of nitriles is 1. The summed E-state index contributed by atoms with van der Waals surface area (Å²) in [6.45, 7) is 1.68. The normalized spacial score (nSPS) is 12.8. The molecule has 0 amide bonds. The lowest BCUT2D eigenvalue weighted by molar-refractivity contribution is -0.144. The minimum absolute atomic E-state index is 0.101. The van der Waals surface area contributed by atoms with Crippen LogP contribution in [0.3, 0.4) is 0 Å². The van der Waals surface area contributed by atoms with E-state index in [0.717, 1.165) is 0 Å². The van der Waals surface area contributed by atoms with E-state index in [1.54, 1.807) is 13.0 Å².